The first-order valence-corrected chi connectivity index (χ1v) is 8.80. The largest absolute Gasteiger partial charge is 0.339 e. The van der Waals surface area contributed by atoms with Crippen LogP contribution in [0.15, 0.2) is 22.7 Å². The highest BCUT2D eigenvalue weighted by atomic mass is 79.9. The van der Waals surface area contributed by atoms with Crippen LogP contribution in [-0.4, -0.2) is 36.5 Å². The molecule has 0 spiro atoms. The van der Waals surface area contributed by atoms with Gasteiger partial charge in [0.2, 0.25) is 0 Å². The van der Waals surface area contributed by atoms with E-state index in [0.717, 1.165) is 42.9 Å². The van der Waals surface area contributed by atoms with Gasteiger partial charge in [0, 0.05) is 28.6 Å². The summed E-state index contributed by atoms with van der Waals surface area (Å²) in [6.45, 7) is 2.87. The number of rotatable bonds is 2. The molecule has 2 aliphatic heterocycles. The molecule has 1 amide bonds. The zero-order valence-electron chi connectivity index (χ0n) is 12.4. The van der Waals surface area contributed by atoms with Crippen molar-refractivity contribution in [2.24, 2.45) is 5.92 Å². The van der Waals surface area contributed by atoms with E-state index >= 15 is 0 Å². The quantitative estimate of drug-likeness (QED) is 0.799. The highest BCUT2D eigenvalue weighted by Crippen LogP contribution is 2.28. The molecule has 2 heterocycles. The van der Waals surface area contributed by atoms with E-state index in [9.17, 15) is 4.79 Å². The van der Waals surface area contributed by atoms with E-state index in [2.05, 4.69) is 21.2 Å². The van der Waals surface area contributed by atoms with Crippen molar-refractivity contribution in [3.63, 3.8) is 0 Å². The smallest absolute Gasteiger partial charge is 0.254 e. The van der Waals surface area contributed by atoms with Crippen molar-refractivity contribution in [1.82, 2.24) is 10.2 Å². The van der Waals surface area contributed by atoms with Crippen LogP contribution in [-0.2, 0) is 0 Å². The van der Waals surface area contributed by atoms with Gasteiger partial charge in [-0.3, -0.25) is 4.79 Å². The normalized spacial score (nSPS) is 22.5. The summed E-state index contributed by atoms with van der Waals surface area (Å²) in [7, 11) is 0. The molecule has 1 atom stereocenters. The van der Waals surface area contributed by atoms with E-state index < -0.39 is 0 Å². The number of hydrogen-bond donors (Lipinski definition) is 1. The van der Waals surface area contributed by atoms with Crippen LogP contribution in [0.5, 0.6) is 0 Å². The lowest BCUT2D eigenvalue weighted by Crippen LogP contribution is -2.43. The van der Waals surface area contributed by atoms with Gasteiger partial charge in [0.15, 0.2) is 0 Å². The molecule has 1 aromatic carbocycles. The number of carbonyl (C=O) groups excluding carboxylic acids is 1. The lowest BCUT2D eigenvalue weighted by Gasteiger charge is -2.35. The Labute approximate surface area is 151 Å². The molecule has 2 saturated heterocycles. The molecule has 0 saturated carbocycles. The van der Waals surface area contributed by atoms with E-state index in [-0.39, 0.29) is 18.3 Å². The SMILES string of the molecule is Cl.O=C(c1ccc(Cl)cc1Br)N1CCC(C2CCCN2)CC1. The summed E-state index contributed by atoms with van der Waals surface area (Å²) in [6, 6.07) is 6.03. The van der Waals surface area contributed by atoms with Gasteiger partial charge in [-0.1, -0.05) is 11.6 Å². The standard InChI is InChI=1S/C16H20BrClN2O.ClH/c17-14-10-12(18)3-4-13(14)16(21)20-8-5-11(6-9-20)15-2-1-7-19-15;/h3-4,10-11,15,19H,1-2,5-9H2;1H. The maximum Gasteiger partial charge on any atom is 0.254 e. The lowest BCUT2D eigenvalue weighted by molar-refractivity contribution is 0.0673. The molecule has 1 aromatic rings. The van der Waals surface area contributed by atoms with Crippen LogP contribution >= 0.6 is 39.9 Å². The van der Waals surface area contributed by atoms with E-state index in [0.29, 0.717) is 16.6 Å². The zero-order chi connectivity index (χ0) is 14.8. The molecule has 0 aromatic heterocycles. The minimum atomic E-state index is 0. The molecule has 6 heteroatoms. The molecule has 2 aliphatic rings. The fourth-order valence-electron chi connectivity index (χ4n) is 3.45. The van der Waals surface area contributed by atoms with Crippen molar-refractivity contribution in [3.8, 4) is 0 Å². The summed E-state index contributed by atoms with van der Waals surface area (Å²) in [5.74, 6) is 0.835. The Hall–Kier alpha value is -0.290. The molecule has 0 bridgehead atoms. The monoisotopic (exact) mass is 406 g/mol. The second-order valence-electron chi connectivity index (χ2n) is 5.96. The highest BCUT2D eigenvalue weighted by molar-refractivity contribution is 9.10. The van der Waals surface area contributed by atoms with Crippen LogP contribution in [0.2, 0.25) is 5.02 Å². The Balaban J connectivity index is 0.00000176. The average Bonchev–Trinajstić information content (AvgIpc) is 3.01. The Bertz CT molecular complexity index is 527. The van der Waals surface area contributed by atoms with Crippen molar-refractivity contribution >= 4 is 45.8 Å². The number of benzene rings is 1. The highest BCUT2D eigenvalue weighted by Gasteiger charge is 2.30. The molecule has 1 N–H and O–H groups in total. The third-order valence-electron chi connectivity index (χ3n) is 4.66. The molecule has 22 heavy (non-hydrogen) atoms. The van der Waals surface area contributed by atoms with Gasteiger partial charge in [-0.2, -0.15) is 0 Å². The van der Waals surface area contributed by atoms with Gasteiger partial charge in [0.25, 0.3) is 5.91 Å². The van der Waals surface area contributed by atoms with Gasteiger partial charge in [-0.05, 0) is 72.3 Å². The Morgan fingerprint density at radius 2 is 2.00 bits per heavy atom. The van der Waals surface area contributed by atoms with Crippen molar-refractivity contribution in [1.29, 1.82) is 0 Å². The van der Waals surface area contributed by atoms with Crippen LogP contribution in [0, 0.1) is 5.92 Å². The second kappa shape index (κ2) is 8.00. The molecule has 122 valence electrons. The summed E-state index contributed by atoms with van der Waals surface area (Å²) in [6.07, 6.45) is 4.80. The number of likely N-dealkylation sites (tertiary alicyclic amines) is 1. The van der Waals surface area contributed by atoms with Gasteiger partial charge >= 0.3 is 0 Å². The Morgan fingerprint density at radius 3 is 2.59 bits per heavy atom. The molecule has 3 rings (SSSR count). The molecule has 0 aliphatic carbocycles. The third kappa shape index (κ3) is 3.97. The van der Waals surface area contributed by atoms with Crippen LogP contribution in [0.1, 0.15) is 36.0 Å². The first-order valence-electron chi connectivity index (χ1n) is 7.63. The van der Waals surface area contributed by atoms with E-state index in [1.807, 2.05) is 4.90 Å². The number of halogens is 3. The fourth-order valence-corrected chi connectivity index (χ4v) is 4.30. The topological polar surface area (TPSA) is 32.3 Å². The maximum atomic E-state index is 12.6. The molecule has 2 fully saturated rings. The average molecular weight is 408 g/mol. The molecule has 1 unspecified atom stereocenters. The predicted molar refractivity (Wildman–Crippen MR) is 96.1 cm³/mol. The molecule has 3 nitrogen and oxygen atoms in total. The van der Waals surface area contributed by atoms with Crippen molar-refractivity contribution < 1.29 is 4.79 Å². The third-order valence-corrected chi connectivity index (χ3v) is 5.55. The zero-order valence-corrected chi connectivity index (χ0v) is 15.5. The number of hydrogen-bond acceptors (Lipinski definition) is 2. The van der Waals surface area contributed by atoms with Crippen LogP contribution in [0.4, 0.5) is 0 Å². The molecular formula is C16H21BrCl2N2O. The van der Waals surface area contributed by atoms with Crippen LogP contribution in [0.3, 0.4) is 0 Å². The van der Waals surface area contributed by atoms with Crippen molar-refractivity contribution in [3.05, 3.63) is 33.3 Å². The van der Waals surface area contributed by atoms with E-state index in [1.54, 1.807) is 18.2 Å². The van der Waals surface area contributed by atoms with Crippen LogP contribution in [0.25, 0.3) is 0 Å². The summed E-state index contributed by atoms with van der Waals surface area (Å²) in [5.41, 5.74) is 0.705. The van der Waals surface area contributed by atoms with Crippen LogP contribution < -0.4 is 5.32 Å². The summed E-state index contributed by atoms with van der Waals surface area (Å²) in [5, 5.41) is 4.23. The first-order chi connectivity index (χ1) is 10.1. The van der Waals surface area contributed by atoms with E-state index in [4.69, 9.17) is 11.6 Å². The van der Waals surface area contributed by atoms with Gasteiger partial charge in [-0.15, -0.1) is 12.4 Å². The minimum Gasteiger partial charge on any atom is -0.339 e. The van der Waals surface area contributed by atoms with E-state index in [1.165, 1.54) is 12.8 Å². The molecular weight excluding hydrogens is 387 g/mol. The second-order valence-corrected chi connectivity index (χ2v) is 7.25. The number of piperidine rings is 1. The maximum absolute atomic E-state index is 12.6. The van der Waals surface area contributed by atoms with Gasteiger partial charge in [0.05, 0.1) is 5.56 Å². The first kappa shape index (κ1) is 18.1. The molecule has 0 radical (unpaired) electrons. The number of nitrogens with one attached hydrogen (secondary N) is 1. The number of amides is 1. The van der Waals surface area contributed by atoms with Gasteiger partial charge in [-0.25, -0.2) is 0 Å². The number of nitrogens with zero attached hydrogens (tertiary/aromatic N) is 1. The van der Waals surface area contributed by atoms with Crippen molar-refractivity contribution in [2.45, 2.75) is 31.7 Å². The fraction of sp³-hybridized carbons (Fsp3) is 0.562. The minimum absolute atomic E-state index is 0. The predicted octanol–water partition coefficient (Wildman–Crippen LogP) is 4.13. The summed E-state index contributed by atoms with van der Waals surface area (Å²) >= 11 is 9.38. The van der Waals surface area contributed by atoms with Gasteiger partial charge < -0.3 is 10.2 Å². The Morgan fingerprint density at radius 1 is 1.27 bits per heavy atom. The Kier molecular flexibility index (Phi) is 6.57. The van der Waals surface area contributed by atoms with Crippen molar-refractivity contribution in [2.75, 3.05) is 19.6 Å². The number of carbonyl (C=O) groups is 1. The lowest BCUT2D eigenvalue weighted by atomic mass is 9.88. The van der Waals surface area contributed by atoms with Gasteiger partial charge in [0.1, 0.15) is 0 Å². The summed E-state index contributed by atoms with van der Waals surface area (Å²) < 4.78 is 0.777. The summed E-state index contributed by atoms with van der Waals surface area (Å²) in [4.78, 5) is 14.6.